The zero-order valence-electron chi connectivity index (χ0n) is 14.2. The number of carbonyl (C=O) groups is 1. The molecule has 1 aromatic heterocycles. The second-order valence-electron chi connectivity index (χ2n) is 6.63. The summed E-state index contributed by atoms with van der Waals surface area (Å²) in [5.41, 5.74) is 10.5. The summed E-state index contributed by atoms with van der Waals surface area (Å²) in [5.74, 6) is 5.47. The van der Waals surface area contributed by atoms with Crippen LogP contribution in [0.4, 0.5) is 0 Å². The molecule has 0 aliphatic carbocycles. The predicted molar refractivity (Wildman–Crippen MR) is 90.1 cm³/mol. The molecular weight excluding hydrogens is 334 g/mol. The molecule has 5 N–H and O–H groups in total. The van der Waals surface area contributed by atoms with Crippen molar-refractivity contribution in [2.75, 3.05) is 0 Å². The maximum Gasteiger partial charge on any atom is 0.264 e. The van der Waals surface area contributed by atoms with Crippen molar-refractivity contribution in [3.63, 3.8) is 0 Å². The van der Waals surface area contributed by atoms with Crippen molar-refractivity contribution < 1.29 is 9.53 Å². The molecule has 0 aromatic carbocycles. The van der Waals surface area contributed by atoms with Gasteiger partial charge in [0.25, 0.3) is 5.91 Å². The minimum atomic E-state index is -0.858. The van der Waals surface area contributed by atoms with Crippen LogP contribution in [0.15, 0.2) is 59.2 Å². The Balaban J connectivity index is 1.91. The van der Waals surface area contributed by atoms with Gasteiger partial charge >= 0.3 is 0 Å². The summed E-state index contributed by atoms with van der Waals surface area (Å²) in [4.78, 5) is 16.5. The zero-order valence-corrected chi connectivity index (χ0v) is 14.2. The van der Waals surface area contributed by atoms with Crippen molar-refractivity contribution >= 4 is 5.91 Å². The fourth-order valence-electron chi connectivity index (χ4n) is 3.40. The van der Waals surface area contributed by atoms with Gasteiger partial charge in [-0.3, -0.25) is 25.2 Å². The van der Waals surface area contributed by atoms with Crippen LogP contribution in [-0.4, -0.2) is 26.6 Å². The normalized spacial score (nSPS) is 23.7. The Kier molecular flexibility index (Phi) is 3.22. The van der Waals surface area contributed by atoms with E-state index in [2.05, 4.69) is 16.5 Å². The number of aromatic nitrogens is 1. The lowest BCUT2D eigenvalue weighted by Crippen LogP contribution is -2.65. The van der Waals surface area contributed by atoms with Crippen LogP contribution in [0.25, 0.3) is 0 Å². The molecule has 0 saturated heterocycles. The first-order chi connectivity index (χ1) is 12.4. The van der Waals surface area contributed by atoms with E-state index in [1.807, 2.05) is 6.07 Å². The van der Waals surface area contributed by atoms with Gasteiger partial charge in [0.1, 0.15) is 17.3 Å². The maximum absolute atomic E-state index is 12.4. The number of nitrogens with one attached hydrogen (secondary N) is 1. The largest absolute Gasteiger partial charge is 0.422 e. The molecule has 9 nitrogen and oxygen atoms in total. The number of nitrogens with two attached hydrogens (primary N) is 2. The van der Waals surface area contributed by atoms with E-state index in [0.29, 0.717) is 17.2 Å². The van der Waals surface area contributed by atoms with Crippen molar-refractivity contribution in [3.05, 3.63) is 64.8 Å². The molecule has 0 unspecified atom stereocenters. The number of hydrogen-bond acceptors (Lipinski definition) is 8. The molecule has 132 valence electrons. The number of amides is 1. The Hall–Kier alpha value is -3.51. The average molecular weight is 351 g/mol. The first-order valence-electron chi connectivity index (χ1n) is 7.95. The minimum Gasteiger partial charge on any atom is -0.422 e. The Morgan fingerprint density at radius 2 is 2.23 bits per heavy atom. The molecule has 3 aliphatic heterocycles. The van der Waals surface area contributed by atoms with Gasteiger partial charge in [0, 0.05) is 18.5 Å². The summed E-state index contributed by atoms with van der Waals surface area (Å²) in [7, 11) is 0. The number of allylic oxidation sites excluding steroid dienone is 2. The first kappa shape index (κ1) is 16.0. The molecule has 9 heteroatoms. The molecule has 4 heterocycles. The number of rotatable bonds is 1. The van der Waals surface area contributed by atoms with Crippen LogP contribution in [0.3, 0.4) is 0 Å². The van der Waals surface area contributed by atoms with E-state index < -0.39 is 11.6 Å². The summed E-state index contributed by atoms with van der Waals surface area (Å²) in [5, 5.41) is 12.5. The van der Waals surface area contributed by atoms with Crippen LogP contribution in [0, 0.1) is 11.3 Å². The van der Waals surface area contributed by atoms with E-state index in [-0.39, 0.29) is 17.4 Å². The number of pyridine rings is 1. The summed E-state index contributed by atoms with van der Waals surface area (Å²) in [6.45, 7) is 3.59. The van der Waals surface area contributed by atoms with Gasteiger partial charge in [0.05, 0.1) is 17.2 Å². The molecule has 1 aromatic rings. The summed E-state index contributed by atoms with van der Waals surface area (Å²) >= 11 is 0. The van der Waals surface area contributed by atoms with Gasteiger partial charge < -0.3 is 10.5 Å². The van der Waals surface area contributed by atoms with E-state index >= 15 is 0 Å². The lowest BCUT2D eigenvalue weighted by molar-refractivity contribution is -0.143. The number of hydrazine groups is 2. The lowest BCUT2D eigenvalue weighted by atomic mass is 9.83. The molecule has 0 spiro atoms. The monoisotopic (exact) mass is 351 g/mol. The number of carbonyl (C=O) groups excluding carboxylic acids is 1. The quantitative estimate of drug-likeness (QED) is 0.484. The molecular formula is C17H17N7O2. The standard InChI is InChI=1S/C17H17N7O2/c1-17(2)23(20)12(25)6-11-14-13(9-4-3-5-21-8-9)10(7-18)15(19)26-16(14)22-24(11)17/h3-6,8,13,22H,19-20H2,1-2H3/t13-/m0/s1. The highest BCUT2D eigenvalue weighted by Crippen LogP contribution is 2.47. The Morgan fingerprint density at radius 1 is 1.46 bits per heavy atom. The smallest absolute Gasteiger partial charge is 0.264 e. The molecule has 0 bridgehead atoms. The van der Waals surface area contributed by atoms with Crippen LogP contribution in [-0.2, 0) is 9.53 Å². The van der Waals surface area contributed by atoms with Gasteiger partial charge in [-0.05, 0) is 25.5 Å². The fourth-order valence-corrected chi connectivity index (χ4v) is 3.40. The van der Waals surface area contributed by atoms with Gasteiger partial charge in [0.2, 0.25) is 11.8 Å². The van der Waals surface area contributed by atoms with E-state index in [0.717, 1.165) is 10.6 Å². The van der Waals surface area contributed by atoms with Crippen LogP contribution in [0.1, 0.15) is 25.3 Å². The maximum atomic E-state index is 12.4. The highest BCUT2D eigenvalue weighted by atomic mass is 16.5. The van der Waals surface area contributed by atoms with Gasteiger partial charge in [-0.25, -0.2) is 5.84 Å². The van der Waals surface area contributed by atoms with Crippen LogP contribution in [0.2, 0.25) is 0 Å². The van der Waals surface area contributed by atoms with Gasteiger partial charge in [-0.1, -0.05) is 6.07 Å². The number of fused-ring (bicyclic) bond motifs is 2. The van der Waals surface area contributed by atoms with Gasteiger partial charge in [0.15, 0.2) is 0 Å². The molecule has 0 radical (unpaired) electrons. The molecule has 0 saturated carbocycles. The van der Waals surface area contributed by atoms with Crippen LogP contribution < -0.4 is 17.0 Å². The third kappa shape index (κ3) is 1.99. The molecule has 3 aliphatic rings. The molecule has 1 atom stereocenters. The second kappa shape index (κ2) is 5.24. The number of nitrogens with zero attached hydrogens (tertiary/aromatic N) is 4. The average Bonchev–Trinajstić information content (AvgIpc) is 2.98. The van der Waals surface area contributed by atoms with Crippen LogP contribution >= 0.6 is 0 Å². The summed E-state index contributed by atoms with van der Waals surface area (Å²) in [6.07, 6.45) is 4.73. The summed E-state index contributed by atoms with van der Waals surface area (Å²) in [6, 6.07) is 5.76. The number of hydrogen-bond donors (Lipinski definition) is 3. The highest BCUT2D eigenvalue weighted by molar-refractivity contribution is 5.90. The summed E-state index contributed by atoms with van der Waals surface area (Å²) < 4.78 is 5.65. The lowest BCUT2D eigenvalue weighted by Gasteiger charge is -2.46. The molecule has 4 rings (SSSR count). The molecule has 0 fully saturated rings. The van der Waals surface area contributed by atoms with Crippen LogP contribution in [0.5, 0.6) is 0 Å². The minimum absolute atomic E-state index is 0.0155. The topological polar surface area (TPSA) is 134 Å². The number of ether oxygens (including phenoxy) is 1. The SMILES string of the molecule is CC1(C)N(N)C(=O)C=C2C3=C(NN21)OC(N)=C(C#N)[C@@H]3c1cccnc1. The van der Waals surface area contributed by atoms with Crippen molar-refractivity contribution in [2.24, 2.45) is 11.6 Å². The predicted octanol–water partition coefficient (Wildman–Crippen LogP) is 0.257. The van der Waals surface area contributed by atoms with Gasteiger partial charge in [-0.2, -0.15) is 5.26 Å². The number of nitriles is 1. The van der Waals surface area contributed by atoms with Gasteiger partial charge in [-0.15, -0.1) is 0 Å². The van der Waals surface area contributed by atoms with E-state index in [1.54, 1.807) is 37.3 Å². The Morgan fingerprint density at radius 3 is 2.88 bits per heavy atom. The Bertz CT molecular complexity index is 940. The highest BCUT2D eigenvalue weighted by Gasteiger charge is 2.50. The van der Waals surface area contributed by atoms with E-state index in [1.165, 1.54) is 6.08 Å². The Labute approximate surface area is 149 Å². The van der Waals surface area contributed by atoms with E-state index in [4.69, 9.17) is 16.3 Å². The van der Waals surface area contributed by atoms with Crippen molar-refractivity contribution in [3.8, 4) is 6.07 Å². The fraction of sp³-hybridized carbons (Fsp3) is 0.235. The van der Waals surface area contributed by atoms with Crippen molar-refractivity contribution in [1.82, 2.24) is 20.4 Å². The third-order valence-corrected chi connectivity index (χ3v) is 4.80. The van der Waals surface area contributed by atoms with E-state index in [9.17, 15) is 10.1 Å². The van der Waals surface area contributed by atoms with Crippen molar-refractivity contribution in [2.45, 2.75) is 25.4 Å². The second-order valence-corrected chi connectivity index (χ2v) is 6.63. The first-order valence-corrected chi connectivity index (χ1v) is 7.95. The molecule has 1 amide bonds. The zero-order chi connectivity index (χ0) is 18.6. The van der Waals surface area contributed by atoms with Crippen molar-refractivity contribution in [1.29, 1.82) is 5.26 Å². The third-order valence-electron chi connectivity index (χ3n) is 4.80. The molecule has 26 heavy (non-hydrogen) atoms.